The number of benzene rings is 3. The maximum absolute atomic E-state index is 15.7. The lowest BCUT2D eigenvalue weighted by Crippen LogP contribution is -2.40. The third-order valence-corrected chi connectivity index (χ3v) is 15.8. The van der Waals surface area contributed by atoms with E-state index in [1.807, 2.05) is 27.7 Å². The van der Waals surface area contributed by atoms with E-state index < -0.39 is 98.6 Å². The Morgan fingerprint density at radius 2 is 1.48 bits per heavy atom. The number of ether oxygens (including phenoxy) is 1. The Hall–Kier alpha value is -5.52. The summed E-state index contributed by atoms with van der Waals surface area (Å²) in [6, 6.07) is 11.6. The number of carboxylic acid groups (broad SMARTS) is 1. The van der Waals surface area contributed by atoms with Crippen molar-refractivity contribution in [3.05, 3.63) is 86.9 Å². The van der Waals surface area contributed by atoms with Gasteiger partial charge in [-0.05, 0) is 107 Å². The molecule has 2 atom stereocenters. The van der Waals surface area contributed by atoms with Crippen molar-refractivity contribution in [2.75, 3.05) is 24.2 Å². The summed E-state index contributed by atoms with van der Waals surface area (Å²) < 4.78 is 112. The van der Waals surface area contributed by atoms with Crippen LogP contribution in [0.4, 0.5) is 5.69 Å². The van der Waals surface area contributed by atoms with E-state index in [4.69, 9.17) is 14.6 Å². The van der Waals surface area contributed by atoms with Gasteiger partial charge in [0.25, 0.3) is 20.2 Å². The number of nitrogens with zero attached hydrogens (tertiary/aromatic N) is 3. The molecule has 0 saturated heterocycles. The number of aromatic carboxylic acids is 1. The van der Waals surface area contributed by atoms with Crippen LogP contribution in [0, 0.1) is 0 Å². The van der Waals surface area contributed by atoms with Gasteiger partial charge in [-0.3, -0.25) is 14.1 Å². The van der Waals surface area contributed by atoms with Crippen molar-refractivity contribution in [1.82, 2.24) is 9.04 Å². The van der Waals surface area contributed by atoms with Crippen molar-refractivity contribution < 1.29 is 68.8 Å². The van der Waals surface area contributed by atoms with E-state index in [2.05, 4.69) is 5.32 Å². The number of unbranched alkanes of at least 4 members (excludes halogenated alkanes) is 2. The lowest BCUT2D eigenvalue weighted by Gasteiger charge is -2.40. The van der Waals surface area contributed by atoms with E-state index in [1.165, 1.54) is 18.2 Å². The molecule has 19 nitrogen and oxygen atoms in total. The molecule has 3 aliphatic rings. The van der Waals surface area contributed by atoms with E-state index in [9.17, 15) is 50.8 Å². The molecule has 362 valence electrons. The quantitative estimate of drug-likeness (QED) is 0.0541. The molecule has 0 amide bonds. The number of carbonyl (C=O) groups excluding carboxylic acids is 1. The highest BCUT2D eigenvalue weighted by Crippen LogP contribution is 2.52. The molecule has 4 aromatic rings. The standard InChI is InChI=1S/C45H54N4O15S3/c1-25-23-44(3,4)46-37-29(25)21-31-36(27-13-9-10-14-28(27)43(53)54)32-22-30-26(2)24-45(5,6)47-38(30)42(67(60,61)62)40(32)63-39(31)41(37)66(58,59)48(19-12-20-65(55,56)57)18-11-7-8-15-35(52)64-49-33(50)16-17-34(49)51/h9-10,13-14,16-17,21-22,25-26,46,50-51H,7-8,11-12,15,18-20,23-24H2,1-6H3,(H,53,54)(H,55,56,57)(H,60,61,62). The molecule has 0 radical (unpaired) electrons. The van der Waals surface area contributed by atoms with Gasteiger partial charge in [0.15, 0.2) is 16.4 Å². The minimum atomic E-state index is -5.24. The average molecular weight is 987 g/mol. The number of hydrogen-bond donors (Lipinski definition) is 6. The van der Waals surface area contributed by atoms with Crippen LogP contribution in [-0.2, 0) is 35.1 Å². The van der Waals surface area contributed by atoms with Crippen molar-refractivity contribution in [3.63, 3.8) is 0 Å². The van der Waals surface area contributed by atoms with Gasteiger partial charge in [0, 0.05) is 53.5 Å². The molecule has 67 heavy (non-hydrogen) atoms. The van der Waals surface area contributed by atoms with Crippen LogP contribution in [-0.4, -0.2) is 101 Å². The fourth-order valence-electron chi connectivity index (χ4n) is 9.56. The van der Waals surface area contributed by atoms with Gasteiger partial charge >= 0.3 is 11.9 Å². The van der Waals surface area contributed by atoms with Gasteiger partial charge in [-0.1, -0.05) is 38.5 Å². The zero-order valence-electron chi connectivity index (χ0n) is 37.7. The van der Waals surface area contributed by atoms with Gasteiger partial charge in [-0.25, -0.2) is 18.0 Å². The molecule has 3 aliphatic heterocycles. The van der Waals surface area contributed by atoms with Crippen molar-refractivity contribution in [2.24, 2.45) is 4.99 Å². The number of aromatic hydroxyl groups is 2. The van der Waals surface area contributed by atoms with Crippen LogP contribution in [0.5, 0.6) is 23.3 Å². The highest BCUT2D eigenvalue weighted by atomic mass is 32.2. The first-order chi connectivity index (χ1) is 31.1. The van der Waals surface area contributed by atoms with Crippen molar-refractivity contribution in [2.45, 2.75) is 119 Å². The maximum Gasteiger partial charge on any atom is 0.336 e. The number of sulfonamides is 1. The van der Waals surface area contributed by atoms with Gasteiger partial charge in [0.1, 0.15) is 4.90 Å². The summed E-state index contributed by atoms with van der Waals surface area (Å²) in [5, 5.41) is 33.6. The first-order valence-electron chi connectivity index (χ1n) is 21.6. The van der Waals surface area contributed by atoms with E-state index >= 15 is 8.42 Å². The van der Waals surface area contributed by atoms with Gasteiger partial charge in [-0.2, -0.15) is 21.1 Å². The van der Waals surface area contributed by atoms with Crippen LogP contribution in [0.15, 0.2) is 63.3 Å². The summed E-state index contributed by atoms with van der Waals surface area (Å²) in [4.78, 5) is 34.1. The zero-order valence-corrected chi connectivity index (χ0v) is 40.2. The number of fused-ring (bicyclic) bond motifs is 4. The molecular weight excluding hydrogens is 933 g/mol. The first-order valence-corrected chi connectivity index (χ1v) is 26.1. The topological polar surface area (TPSA) is 289 Å². The Labute approximate surface area is 388 Å². The van der Waals surface area contributed by atoms with Crippen molar-refractivity contribution in [1.29, 1.82) is 0 Å². The van der Waals surface area contributed by atoms with Crippen LogP contribution in [0.3, 0.4) is 0 Å². The molecule has 0 fully saturated rings. The summed E-state index contributed by atoms with van der Waals surface area (Å²) in [5.41, 5.74) is -0.410. The van der Waals surface area contributed by atoms with Crippen LogP contribution >= 0.6 is 0 Å². The highest BCUT2D eigenvalue weighted by molar-refractivity contribution is 7.89. The number of aromatic nitrogens is 1. The maximum atomic E-state index is 15.7. The molecule has 2 unspecified atom stereocenters. The molecule has 0 saturated carbocycles. The first kappa shape index (κ1) is 49.4. The van der Waals surface area contributed by atoms with Crippen LogP contribution in [0.2, 0.25) is 0 Å². The lowest BCUT2D eigenvalue weighted by molar-refractivity contribution is -0.145. The smallest absolute Gasteiger partial charge is 0.336 e. The molecule has 4 heterocycles. The zero-order chi connectivity index (χ0) is 49.2. The molecule has 22 heteroatoms. The molecular formula is C45H54N4O15S3. The van der Waals surface area contributed by atoms with Crippen LogP contribution < -0.4 is 25.5 Å². The lowest BCUT2D eigenvalue weighted by atomic mass is 9.79. The normalized spacial score (nSPS) is 18.4. The van der Waals surface area contributed by atoms with E-state index in [0.29, 0.717) is 28.7 Å². The largest absolute Gasteiger partial charge is 0.492 e. The van der Waals surface area contributed by atoms with Gasteiger partial charge in [-0.15, -0.1) is 4.73 Å². The molecule has 1 aromatic heterocycles. The molecule has 7 rings (SSSR count). The molecule has 0 aliphatic carbocycles. The van der Waals surface area contributed by atoms with Gasteiger partial charge in [0.05, 0.1) is 27.9 Å². The number of anilines is 1. The summed E-state index contributed by atoms with van der Waals surface area (Å²) in [6.07, 6.45) is 0.927. The molecule has 6 N–H and O–H groups in total. The van der Waals surface area contributed by atoms with E-state index in [1.54, 1.807) is 32.0 Å². The summed E-state index contributed by atoms with van der Waals surface area (Å²) in [6.45, 7) is 10.4. The summed E-state index contributed by atoms with van der Waals surface area (Å²) in [5.74, 6) is -5.50. The van der Waals surface area contributed by atoms with Crippen molar-refractivity contribution in [3.8, 4) is 23.3 Å². The number of carboxylic acids is 1. The van der Waals surface area contributed by atoms with Crippen molar-refractivity contribution >= 4 is 53.5 Å². The minimum absolute atomic E-state index is 0.0696. The van der Waals surface area contributed by atoms with Crippen LogP contribution in [0.1, 0.15) is 131 Å². The number of carbonyl (C=O) groups is 2. The molecule has 3 aromatic carbocycles. The fraction of sp³-hybridized carbons (Fsp3) is 0.444. The summed E-state index contributed by atoms with van der Waals surface area (Å²) >= 11 is 0. The SMILES string of the molecule is CC1CC(C)(C)Nc2c1cc1c(c2S(=O)(=O)N(CCCCCC(=O)On2c(O)ccc2O)CCCS(=O)(=O)O)Oc2c(S(=O)(=O)O)c3c(cc2=C1c1ccccc1C(=O)O)C(C)CC(C)(C)N=3. The third kappa shape index (κ3) is 10.0. The Morgan fingerprint density at radius 1 is 0.836 bits per heavy atom. The van der Waals surface area contributed by atoms with E-state index in [0.717, 1.165) is 16.4 Å². The average Bonchev–Trinajstić information content (AvgIpc) is 3.51. The predicted molar refractivity (Wildman–Crippen MR) is 244 cm³/mol. The van der Waals surface area contributed by atoms with Gasteiger partial charge < -0.3 is 30.2 Å². The Kier molecular flexibility index (Phi) is 13.2. The molecule has 0 spiro atoms. The number of rotatable bonds is 16. The molecule has 0 bridgehead atoms. The Bertz CT molecular complexity index is 3140. The second-order valence-electron chi connectivity index (χ2n) is 18.7. The second kappa shape index (κ2) is 17.9. The monoisotopic (exact) mass is 986 g/mol. The number of hydrogen-bond acceptors (Lipinski definition) is 14. The van der Waals surface area contributed by atoms with Crippen LogP contribution in [0.25, 0.3) is 5.57 Å². The highest BCUT2D eigenvalue weighted by Gasteiger charge is 2.43. The van der Waals surface area contributed by atoms with E-state index in [-0.39, 0.29) is 89.0 Å². The summed E-state index contributed by atoms with van der Waals surface area (Å²) in [7, 11) is -14.7. The predicted octanol–water partition coefficient (Wildman–Crippen LogP) is 5.28. The Morgan fingerprint density at radius 3 is 2.12 bits per heavy atom. The minimum Gasteiger partial charge on any atom is -0.492 e. The third-order valence-electron chi connectivity index (χ3n) is 12.2. The Balaban J connectivity index is 1.46. The number of nitrogens with one attached hydrogen (secondary N) is 1. The second-order valence-corrected chi connectivity index (χ2v) is 23.5. The van der Waals surface area contributed by atoms with Gasteiger partial charge in [0.2, 0.25) is 21.8 Å². The fourth-order valence-corrected chi connectivity index (χ4v) is 12.7.